The van der Waals surface area contributed by atoms with Crippen LogP contribution in [-0.4, -0.2) is 21.2 Å². The minimum Gasteiger partial charge on any atom is -0.497 e. The van der Waals surface area contributed by atoms with Crippen molar-refractivity contribution in [2.45, 2.75) is 39.7 Å². The number of aryl methyl sites for hydroxylation is 3. The first-order chi connectivity index (χ1) is 13.2. The molecule has 4 aromatic rings. The van der Waals surface area contributed by atoms with Crippen LogP contribution in [0, 0.1) is 0 Å². The number of pyridine rings is 1. The summed E-state index contributed by atoms with van der Waals surface area (Å²) in [5.74, 6) is 0.902. The standard InChI is InChI=1S/C22H25IN3O/c1-4-15-13-21-22-18(9-12-26(21)24-19(15)5-2)17-8-7-16(27-3)14-20(17)25(22)11-6-10-23/h7-9,12-14H,4-6,10-11H2,1-3H3/q+1. The summed E-state index contributed by atoms with van der Waals surface area (Å²) in [7, 11) is 1.73. The summed E-state index contributed by atoms with van der Waals surface area (Å²) in [5.41, 5.74) is 6.22. The summed E-state index contributed by atoms with van der Waals surface area (Å²) in [6.07, 6.45) is 5.20. The molecule has 0 atom stereocenters. The van der Waals surface area contributed by atoms with E-state index in [0.29, 0.717) is 0 Å². The lowest BCUT2D eigenvalue weighted by atomic mass is 10.1. The Balaban J connectivity index is 2.14. The smallest absolute Gasteiger partial charge is 0.262 e. The number of benzene rings is 1. The number of rotatable bonds is 6. The molecule has 1 aromatic carbocycles. The molecule has 0 aliphatic carbocycles. The van der Waals surface area contributed by atoms with Gasteiger partial charge in [0.15, 0.2) is 0 Å². The Morgan fingerprint density at radius 2 is 1.96 bits per heavy atom. The van der Waals surface area contributed by atoms with Gasteiger partial charge in [-0.25, -0.2) is 0 Å². The van der Waals surface area contributed by atoms with Crippen molar-refractivity contribution in [2.75, 3.05) is 11.5 Å². The fraction of sp³-hybridized carbons (Fsp3) is 0.364. The Morgan fingerprint density at radius 1 is 1.11 bits per heavy atom. The third-order valence-electron chi connectivity index (χ3n) is 5.32. The second-order valence-electron chi connectivity index (χ2n) is 6.81. The first-order valence-electron chi connectivity index (χ1n) is 9.61. The lowest BCUT2D eigenvalue weighted by Crippen LogP contribution is -2.29. The van der Waals surface area contributed by atoms with Crippen molar-refractivity contribution < 1.29 is 9.25 Å². The monoisotopic (exact) mass is 474 g/mol. The van der Waals surface area contributed by atoms with Gasteiger partial charge in [0, 0.05) is 45.0 Å². The maximum Gasteiger partial charge on any atom is 0.262 e. The van der Waals surface area contributed by atoms with E-state index in [1.54, 1.807) is 7.11 Å². The largest absolute Gasteiger partial charge is 0.497 e. The number of halogens is 1. The quantitative estimate of drug-likeness (QED) is 0.227. The molecular formula is C22H25IN3O+. The van der Waals surface area contributed by atoms with Crippen LogP contribution in [0.3, 0.4) is 0 Å². The predicted molar refractivity (Wildman–Crippen MR) is 119 cm³/mol. The predicted octanol–water partition coefficient (Wildman–Crippen LogP) is 4.89. The third-order valence-corrected chi connectivity index (χ3v) is 6.09. The number of nitrogens with zero attached hydrogens (tertiary/aromatic N) is 3. The maximum atomic E-state index is 5.50. The van der Waals surface area contributed by atoms with Crippen molar-refractivity contribution in [3.8, 4) is 5.75 Å². The molecule has 27 heavy (non-hydrogen) atoms. The van der Waals surface area contributed by atoms with Gasteiger partial charge < -0.3 is 9.30 Å². The van der Waals surface area contributed by atoms with Crippen LogP contribution >= 0.6 is 22.6 Å². The summed E-state index contributed by atoms with van der Waals surface area (Å²) < 4.78 is 11.1. The molecule has 4 nitrogen and oxygen atoms in total. The fourth-order valence-electron chi connectivity index (χ4n) is 3.98. The van der Waals surface area contributed by atoms with Crippen molar-refractivity contribution in [3.63, 3.8) is 0 Å². The van der Waals surface area contributed by atoms with Crippen molar-refractivity contribution in [3.05, 3.63) is 47.8 Å². The van der Waals surface area contributed by atoms with Gasteiger partial charge in [0.05, 0.1) is 12.6 Å². The van der Waals surface area contributed by atoms with Gasteiger partial charge in [0.2, 0.25) is 6.20 Å². The Bertz CT molecular complexity index is 1130. The maximum absolute atomic E-state index is 5.50. The van der Waals surface area contributed by atoms with Crippen molar-refractivity contribution in [1.82, 2.24) is 9.67 Å². The topological polar surface area (TPSA) is 31.2 Å². The average Bonchev–Trinajstić information content (AvgIpc) is 3.04. The summed E-state index contributed by atoms with van der Waals surface area (Å²) in [6, 6.07) is 10.9. The van der Waals surface area contributed by atoms with E-state index in [-0.39, 0.29) is 0 Å². The van der Waals surface area contributed by atoms with Gasteiger partial charge in [-0.1, -0.05) is 41.0 Å². The number of fused-ring (bicyclic) bond motifs is 5. The fourth-order valence-corrected chi connectivity index (χ4v) is 4.32. The summed E-state index contributed by atoms with van der Waals surface area (Å²) in [4.78, 5) is 0. The van der Waals surface area contributed by atoms with Crippen molar-refractivity contribution in [2.24, 2.45) is 0 Å². The molecule has 4 rings (SSSR count). The zero-order valence-electron chi connectivity index (χ0n) is 16.1. The van der Waals surface area contributed by atoms with Crippen LogP contribution in [0.25, 0.3) is 27.3 Å². The van der Waals surface area contributed by atoms with Crippen molar-refractivity contribution >= 4 is 49.9 Å². The molecule has 0 aliphatic rings. The molecular weight excluding hydrogens is 449 g/mol. The summed E-state index contributed by atoms with van der Waals surface area (Å²) in [6.45, 7) is 5.38. The molecule has 3 heterocycles. The number of aromatic nitrogens is 3. The van der Waals surface area contributed by atoms with Gasteiger partial charge in [-0.05, 0) is 37.0 Å². The van der Waals surface area contributed by atoms with E-state index in [0.717, 1.165) is 36.0 Å². The second kappa shape index (κ2) is 7.62. The highest BCUT2D eigenvalue weighted by Crippen LogP contribution is 2.33. The lowest BCUT2D eigenvalue weighted by molar-refractivity contribution is -0.580. The molecule has 0 spiro atoms. The Labute approximate surface area is 173 Å². The van der Waals surface area contributed by atoms with Crippen LogP contribution in [0.2, 0.25) is 0 Å². The molecule has 3 aromatic heterocycles. The first kappa shape index (κ1) is 18.5. The molecule has 0 bridgehead atoms. The number of alkyl halides is 1. The highest BCUT2D eigenvalue weighted by atomic mass is 127. The van der Waals surface area contributed by atoms with Gasteiger partial charge >= 0.3 is 0 Å². The molecule has 140 valence electrons. The van der Waals surface area contributed by atoms with E-state index < -0.39 is 0 Å². The minimum absolute atomic E-state index is 0.902. The van der Waals surface area contributed by atoms with Crippen LogP contribution in [0.15, 0.2) is 36.5 Å². The van der Waals surface area contributed by atoms with E-state index in [4.69, 9.17) is 9.84 Å². The van der Waals surface area contributed by atoms with E-state index in [9.17, 15) is 0 Å². The average molecular weight is 474 g/mol. The van der Waals surface area contributed by atoms with Crippen LogP contribution in [0.4, 0.5) is 0 Å². The number of hydrogen-bond acceptors (Lipinski definition) is 2. The van der Waals surface area contributed by atoms with Crippen molar-refractivity contribution in [1.29, 1.82) is 0 Å². The normalized spacial score (nSPS) is 11.7. The van der Waals surface area contributed by atoms with Crippen LogP contribution in [0.5, 0.6) is 5.75 Å². The lowest BCUT2D eigenvalue weighted by Gasteiger charge is -2.08. The second-order valence-corrected chi connectivity index (χ2v) is 7.89. The molecule has 0 N–H and O–H groups in total. The molecule has 0 saturated heterocycles. The summed E-state index contributed by atoms with van der Waals surface area (Å²) in [5, 5.41) is 7.48. The van der Waals surface area contributed by atoms with E-state index in [1.807, 2.05) is 0 Å². The zero-order chi connectivity index (χ0) is 19.0. The van der Waals surface area contributed by atoms with Gasteiger partial charge in [0.25, 0.3) is 5.52 Å². The van der Waals surface area contributed by atoms with Gasteiger partial charge in [-0.15, -0.1) is 0 Å². The first-order valence-corrected chi connectivity index (χ1v) is 11.1. The Morgan fingerprint density at radius 3 is 2.67 bits per heavy atom. The molecule has 0 unspecified atom stereocenters. The van der Waals surface area contributed by atoms with Crippen LogP contribution < -0.4 is 9.25 Å². The number of methoxy groups -OCH3 is 1. The molecule has 0 amide bonds. The van der Waals surface area contributed by atoms with E-state index >= 15 is 0 Å². The van der Waals surface area contributed by atoms with E-state index in [1.165, 1.54) is 38.6 Å². The molecule has 5 heteroatoms. The molecule has 0 radical (unpaired) electrons. The summed E-state index contributed by atoms with van der Waals surface area (Å²) >= 11 is 2.46. The number of hydrogen-bond donors (Lipinski definition) is 0. The highest BCUT2D eigenvalue weighted by Gasteiger charge is 2.21. The number of ether oxygens (including phenoxy) is 1. The van der Waals surface area contributed by atoms with Gasteiger partial charge in [-0.3, -0.25) is 0 Å². The van der Waals surface area contributed by atoms with Gasteiger partial charge in [-0.2, -0.15) is 0 Å². The Kier molecular flexibility index (Phi) is 5.21. The molecule has 0 saturated carbocycles. The molecule has 0 aliphatic heterocycles. The minimum atomic E-state index is 0.902. The highest BCUT2D eigenvalue weighted by molar-refractivity contribution is 14.1. The van der Waals surface area contributed by atoms with Gasteiger partial charge in [0.1, 0.15) is 17.0 Å². The van der Waals surface area contributed by atoms with Crippen LogP contribution in [-0.2, 0) is 19.4 Å². The molecule has 0 fully saturated rings. The van der Waals surface area contributed by atoms with Crippen LogP contribution in [0.1, 0.15) is 31.5 Å². The zero-order valence-corrected chi connectivity index (χ0v) is 18.3. The SMILES string of the molecule is CCc1cc2c3c(cc[n+]2nc1CC)c1ccc(OC)cc1n3CCCI. The Hall–Kier alpha value is -1.89. The van der Waals surface area contributed by atoms with E-state index in [2.05, 4.69) is 82.0 Å². The third kappa shape index (κ3) is 3.06.